The van der Waals surface area contributed by atoms with Crippen molar-refractivity contribution >= 4 is 34.2 Å². The molecule has 0 aromatic heterocycles. The van der Waals surface area contributed by atoms with Gasteiger partial charge in [0.15, 0.2) is 0 Å². The third-order valence-electron chi connectivity index (χ3n) is 6.26. The van der Waals surface area contributed by atoms with Crippen LogP contribution in [0.25, 0.3) is 10.8 Å². The number of methoxy groups -OCH3 is 1. The Morgan fingerprint density at radius 2 is 1.43 bits per heavy atom. The van der Waals surface area contributed by atoms with Crippen molar-refractivity contribution in [1.82, 2.24) is 4.90 Å². The minimum Gasteiger partial charge on any atom is -0.495 e. The van der Waals surface area contributed by atoms with E-state index in [1.54, 1.807) is 42.3 Å². The van der Waals surface area contributed by atoms with Crippen LogP contribution in [0.15, 0.2) is 91.0 Å². The summed E-state index contributed by atoms with van der Waals surface area (Å²) in [4.78, 5) is 42.8. The normalized spacial score (nSPS) is 12.7. The summed E-state index contributed by atoms with van der Waals surface area (Å²) in [5, 5.41) is 1.58. The van der Waals surface area contributed by atoms with Crippen molar-refractivity contribution in [1.29, 1.82) is 0 Å². The predicted molar refractivity (Wildman–Crippen MR) is 135 cm³/mol. The Bertz CT molecular complexity index is 1380. The molecule has 1 heterocycles. The van der Waals surface area contributed by atoms with Gasteiger partial charge >= 0.3 is 0 Å². The van der Waals surface area contributed by atoms with Gasteiger partial charge in [-0.2, -0.15) is 0 Å². The minimum atomic E-state index is -0.308. The van der Waals surface area contributed by atoms with E-state index >= 15 is 0 Å². The van der Waals surface area contributed by atoms with Crippen molar-refractivity contribution in [3.05, 3.63) is 108 Å². The molecule has 0 atom stereocenters. The smallest absolute Gasteiger partial charge is 0.261 e. The largest absolute Gasteiger partial charge is 0.495 e. The predicted octanol–water partition coefficient (Wildman–Crippen LogP) is 5.18. The van der Waals surface area contributed by atoms with Gasteiger partial charge in [0.25, 0.3) is 17.7 Å². The molecular formula is C29H24N2O4. The lowest BCUT2D eigenvalue weighted by Gasteiger charge is -2.29. The van der Waals surface area contributed by atoms with Crippen molar-refractivity contribution in [2.24, 2.45) is 0 Å². The first kappa shape index (κ1) is 22.3. The van der Waals surface area contributed by atoms with Gasteiger partial charge in [-0.1, -0.05) is 54.6 Å². The average Bonchev–Trinajstić information content (AvgIpc) is 2.91. The van der Waals surface area contributed by atoms with E-state index < -0.39 is 0 Å². The summed E-state index contributed by atoms with van der Waals surface area (Å²) in [6.45, 7) is 0.493. The van der Waals surface area contributed by atoms with Gasteiger partial charge in [0.05, 0.1) is 12.8 Å². The molecule has 0 fully saturated rings. The van der Waals surface area contributed by atoms with Crippen LogP contribution in [0, 0.1) is 0 Å². The molecule has 0 saturated heterocycles. The fourth-order valence-electron chi connectivity index (χ4n) is 4.59. The number of benzene rings is 4. The second-order valence-electron chi connectivity index (χ2n) is 8.32. The van der Waals surface area contributed by atoms with E-state index in [0.29, 0.717) is 46.5 Å². The molecule has 4 aromatic rings. The van der Waals surface area contributed by atoms with Crippen LogP contribution in [-0.2, 0) is 0 Å². The molecule has 0 radical (unpaired) electrons. The van der Waals surface area contributed by atoms with Crippen LogP contribution in [0.4, 0.5) is 5.69 Å². The molecule has 6 nitrogen and oxygen atoms in total. The van der Waals surface area contributed by atoms with Gasteiger partial charge in [-0.05, 0) is 48.2 Å². The summed E-state index contributed by atoms with van der Waals surface area (Å²) in [5.41, 5.74) is 2.23. The number of carbonyl (C=O) groups is 3. The number of carbonyl (C=O) groups excluding carboxylic acids is 3. The van der Waals surface area contributed by atoms with Gasteiger partial charge in [0, 0.05) is 35.2 Å². The fourth-order valence-corrected chi connectivity index (χ4v) is 4.59. The molecule has 0 aliphatic carbocycles. The van der Waals surface area contributed by atoms with Crippen molar-refractivity contribution < 1.29 is 19.1 Å². The third-order valence-corrected chi connectivity index (χ3v) is 6.26. The standard InChI is InChI=1S/C29H24N2O4/c1-35-25-17-6-5-16-24(25)30(27(32)21-10-3-2-4-11-21)18-9-19-31-28(33)22-14-7-12-20-13-8-15-23(26(20)22)29(31)34/h2-8,10-17H,9,18-19H2,1H3. The monoisotopic (exact) mass is 464 g/mol. The highest BCUT2D eigenvalue weighted by molar-refractivity contribution is 6.25. The number of hydrogen-bond acceptors (Lipinski definition) is 4. The summed E-state index contributed by atoms with van der Waals surface area (Å²) < 4.78 is 5.50. The van der Waals surface area contributed by atoms with E-state index in [9.17, 15) is 14.4 Å². The molecular weight excluding hydrogens is 440 g/mol. The van der Waals surface area contributed by atoms with Gasteiger partial charge in [-0.25, -0.2) is 0 Å². The minimum absolute atomic E-state index is 0.179. The van der Waals surface area contributed by atoms with Crippen LogP contribution in [0.5, 0.6) is 5.75 Å². The Morgan fingerprint density at radius 3 is 2.09 bits per heavy atom. The van der Waals surface area contributed by atoms with E-state index in [2.05, 4.69) is 0 Å². The Labute approximate surface area is 203 Å². The topological polar surface area (TPSA) is 66.9 Å². The second kappa shape index (κ2) is 9.43. The molecule has 0 saturated carbocycles. The van der Waals surface area contributed by atoms with Crippen LogP contribution in [0.3, 0.4) is 0 Å². The Hall–Kier alpha value is -4.45. The van der Waals surface area contributed by atoms with Crippen LogP contribution in [0.1, 0.15) is 37.5 Å². The molecule has 0 N–H and O–H groups in total. The number of anilines is 1. The van der Waals surface area contributed by atoms with Crippen molar-refractivity contribution in [2.45, 2.75) is 6.42 Å². The molecule has 174 valence electrons. The number of para-hydroxylation sites is 2. The van der Waals surface area contributed by atoms with Gasteiger partial charge in [0.1, 0.15) is 5.75 Å². The highest BCUT2D eigenvalue weighted by Crippen LogP contribution is 2.31. The zero-order valence-electron chi connectivity index (χ0n) is 19.3. The van der Waals surface area contributed by atoms with Crippen LogP contribution in [0.2, 0.25) is 0 Å². The first-order chi connectivity index (χ1) is 17.1. The maximum absolute atomic E-state index is 13.4. The van der Waals surface area contributed by atoms with E-state index in [-0.39, 0.29) is 24.3 Å². The van der Waals surface area contributed by atoms with Crippen LogP contribution in [-0.4, -0.2) is 42.8 Å². The molecule has 4 aromatic carbocycles. The van der Waals surface area contributed by atoms with Crippen molar-refractivity contribution in [2.75, 3.05) is 25.1 Å². The quantitative estimate of drug-likeness (QED) is 0.354. The Balaban J connectivity index is 1.40. The maximum Gasteiger partial charge on any atom is 0.261 e. The van der Waals surface area contributed by atoms with E-state index in [4.69, 9.17) is 4.74 Å². The van der Waals surface area contributed by atoms with E-state index in [1.165, 1.54) is 4.90 Å². The number of rotatable bonds is 7. The average molecular weight is 465 g/mol. The zero-order chi connectivity index (χ0) is 24.4. The third kappa shape index (κ3) is 4.04. The molecule has 6 heteroatoms. The SMILES string of the molecule is COc1ccccc1N(CCCN1C(=O)c2cccc3cccc(c23)C1=O)C(=O)c1ccccc1. The number of ether oxygens (including phenoxy) is 1. The van der Waals surface area contributed by atoms with E-state index in [1.807, 2.05) is 60.7 Å². The first-order valence-corrected chi connectivity index (χ1v) is 11.5. The molecule has 0 unspecified atom stereocenters. The maximum atomic E-state index is 13.4. The lowest BCUT2D eigenvalue weighted by atomic mass is 9.94. The van der Waals surface area contributed by atoms with Crippen LogP contribution >= 0.6 is 0 Å². The number of imide groups is 1. The lowest BCUT2D eigenvalue weighted by molar-refractivity contribution is 0.0610. The molecule has 5 rings (SSSR count). The van der Waals surface area contributed by atoms with Crippen LogP contribution < -0.4 is 9.64 Å². The number of hydrogen-bond donors (Lipinski definition) is 0. The number of amides is 3. The van der Waals surface area contributed by atoms with Gasteiger partial charge < -0.3 is 9.64 Å². The first-order valence-electron chi connectivity index (χ1n) is 11.5. The summed E-state index contributed by atoms with van der Waals surface area (Å²) in [5.74, 6) is -0.223. The highest BCUT2D eigenvalue weighted by atomic mass is 16.5. The molecule has 3 amide bonds. The Morgan fingerprint density at radius 1 is 0.800 bits per heavy atom. The van der Waals surface area contributed by atoms with E-state index in [0.717, 1.165) is 5.39 Å². The molecule has 1 aliphatic heterocycles. The highest BCUT2D eigenvalue weighted by Gasteiger charge is 2.32. The summed E-state index contributed by atoms with van der Waals surface area (Å²) >= 11 is 0. The molecule has 0 spiro atoms. The zero-order valence-corrected chi connectivity index (χ0v) is 19.3. The molecule has 35 heavy (non-hydrogen) atoms. The van der Waals surface area contributed by atoms with Crippen molar-refractivity contribution in [3.63, 3.8) is 0 Å². The fraction of sp³-hybridized carbons (Fsp3) is 0.138. The lowest BCUT2D eigenvalue weighted by Crippen LogP contribution is -2.42. The number of nitrogens with zero attached hydrogens (tertiary/aromatic N) is 2. The van der Waals surface area contributed by atoms with Gasteiger partial charge in [-0.15, -0.1) is 0 Å². The summed E-state index contributed by atoms with van der Waals surface area (Å²) in [6.07, 6.45) is 0.409. The summed E-state index contributed by atoms with van der Waals surface area (Å²) in [6, 6.07) is 27.3. The van der Waals surface area contributed by atoms with Gasteiger partial charge in [-0.3, -0.25) is 19.3 Å². The molecule has 1 aliphatic rings. The Kier molecular flexibility index (Phi) is 6.02. The van der Waals surface area contributed by atoms with Crippen molar-refractivity contribution in [3.8, 4) is 5.75 Å². The second-order valence-corrected chi connectivity index (χ2v) is 8.32. The van der Waals surface area contributed by atoms with Gasteiger partial charge in [0.2, 0.25) is 0 Å². The molecule has 0 bridgehead atoms. The summed E-state index contributed by atoms with van der Waals surface area (Å²) in [7, 11) is 1.56.